The van der Waals surface area contributed by atoms with E-state index in [1.54, 1.807) is 11.3 Å². The largest absolute Gasteiger partial charge is 0.332 e. The topological polar surface area (TPSA) is 45.2 Å². The number of thiazole rings is 1. The van der Waals surface area contributed by atoms with E-state index in [1.165, 1.54) is 12.8 Å². The molecule has 1 aromatic heterocycles. The molecule has 0 bridgehead atoms. The van der Waals surface area contributed by atoms with Crippen LogP contribution in [0.15, 0.2) is 5.38 Å². The van der Waals surface area contributed by atoms with Crippen molar-refractivity contribution >= 4 is 17.2 Å². The van der Waals surface area contributed by atoms with Gasteiger partial charge in [-0.3, -0.25) is 4.79 Å². The summed E-state index contributed by atoms with van der Waals surface area (Å²) in [5.74, 6) is 0.263. The van der Waals surface area contributed by atoms with Crippen molar-refractivity contribution in [2.45, 2.75) is 57.7 Å². The van der Waals surface area contributed by atoms with Gasteiger partial charge in [-0.25, -0.2) is 4.98 Å². The van der Waals surface area contributed by atoms with Crippen molar-refractivity contribution in [3.05, 3.63) is 16.1 Å². The molecule has 0 radical (unpaired) electrons. The van der Waals surface area contributed by atoms with Crippen molar-refractivity contribution < 1.29 is 4.79 Å². The number of nitrogens with one attached hydrogen (secondary N) is 1. The lowest BCUT2D eigenvalue weighted by molar-refractivity contribution is -0.138. The molecule has 4 nitrogen and oxygen atoms in total. The number of likely N-dealkylation sites (tertiary alicyclic amines) is 1. The molecule has 1 saturated carbocycles. The second kappa shape index (κ2) is 5.21. The molecule has 2 unspecified atom stereocenters. The minimum atomic E-state index is 0.0322. The fraction of sp³-hybridized carbons (Fsp3) is 0.714. The second-order valence-electron chi connectivity index (χ2n) is 5.67. The quantitative estimate of drug-likeness (QED) is 0.919. The molecule has 2 atom stereocenters. The molecule has 104 valence electrons. The van der Waals surface area contributed by atoms with Gasteiger partial charge in [-0.1, -0.05) is 0 Å². The van der Waals surface area contributed by atoms with Crippen molar-refractivity contribution in [3.8, 4) is 0 Å². The molecule has 0 aromatic carbocycles. The van der Waals surface area contributed by atoms with Gasteiger partial charge in [0.05, 0.1) is 12.1 Å². The van der Waals surface area contributed by atoms with Gasteiger partial charge in [0.25, 0.3) is 0 Å². The molecule has 1 aliphatic carbocycles. The summed E-state index contributed by atoms with van der Waals surface area (Å²) in [6, 6.07) is 0.728. The van der Waals surface area contributed by atoms with Crippen LogP contribution in [0.1, 0.15) is 49.4 Å². The Balaban J connectivity index is 1.70. The van der Waals surface area contributed by atoms with Crippen LogP contribution >= 0.6 is 11.3 Å². The minimum absolute atomic E-state index is 0.0322. The van der Waals surface area contributed by atoms with Crippen molar-refractivity contribution in [1.29, 1.82) is 0 Å². The van der Waals surface area contributed by atoms with Crippen LogP contribution in [-0.2, 0) is 4.79 Å². The zero-order valence-electron chi connectivity index (χ0n) is 11.6. The number of aromatic nitrogens is 1. The average molecular weight is 279 g/mol. The smallest absolute Gasteiger partial charge is 0.240 e. The van der Waals surface area contributed by atoms with E-state index >= 15 is 0 Å². The average Bonchev–Trinajstić information content (AvgIpc) is 3.11. The first-order valence-electron chi connectivity index (χ1n) is 7.13. The highest BCUT2D eigenvalue weighted by Gasteiger charge is 2.35. The van der Waals surface area contributed by atoms with Crippen LogP contribution in [0.5, 0.6) is 0 Å². The molecule has 1 aliphatic heterocycles. The number of aryl methyl sites for hydroxylation is 1. The number of nitrogens with zero attached hydrogens (tertiary/aromatic N) is 2. The maximum absolute atomic E-state index is 12.6. The fourth-order valence-electron chi connectivity index (χ4n) is 2.67. The van der Waals surface area contributed by atoms with E-state index in [2.05, 4.69) is 22.6 Å². The first-order chi connectivity index (χ1) is 9.15. The van der Waals surface area contributed by atoms with Crippen LogP contribution in [0.2, 0.25) is 0 Å². The molecule has 2 fully saturated rings. The van der Waals surface area contributed by atoms with Gasteiger partial charge in [-0.2, -0.15) is 0 Å². The van der Waals surface area contributed by atoms with E-state index < -0.39 is 0 Å². The molecule has 1 saturated heterocycles. The normalized spacial score (nSPS) is 25.7. The predicted octanol–water partition coefficient (Wildman–Crippen LogP) is 2.26. The highest BCUT2D eigenvalue weighted by molar-refractivity contribution is 7.09. The fourth-order valence-corrected chi connectivity index (χ4v) is 3.54. The summed E-state index contributed by atoms with van der Waals surface area (Å²) in [7, 11) is 0. The number of carbonyl (C=O) groups is 1. The number of hydrogen-bond acceptors (Lipinski definition) is 4. The third kappa shape index (κ3) is 2.82. The molecule has 2 aliphatic rings. The van der Waals surface area contributed by atoms with Crippen LogP contribution < -0.4 is 5.32 Å². The van der Waals surface area contributed by atoms with Gasteiger partial charge < -0.3 is 10.2 Å². The number of piperidine rings is 1. The summed E-state index contributed by atoms with van der Waals surface area (Å²) >= 11 is 1.66. The lowest BCUT2D eigenvalue weighted by Crippen LogP contribution is -2.51. The molecular formula is C14H21N3OS. The zero-order chi connectivity index (χ0) is 13.4. The molecule has 19 heavy (non-hydrogen) atoms. The highest BCUT2D eigenvalue weighted by Crippen LogP contribution is 2.29. The zero-order valence-corrected chi connectivity index (χ0v) is 12.4. The minimum Gasteiger partial charge on any atom is -0.332 e. The number of amides is 1. The van der Waals surface area contributed by atoms with Crippen LogP contribution in [0.3, 0.4) is 0 Å². The molecule has 1 amide bonds. The third-order valence-corrected chi connectivity index (χ3v) is 5.08. The van der Waals surface area contributed by atoms with Crippen molar-refractivity contribution in [2.24, 2.45) is 0 Å². The van der Waals surface area contributed by atoms with Crippen LogP contribution in [0, 0.1) is 6.92 Å². The van der Waals surface area contributed by atoms with Crippen LogP contribution in [-0.4, -0.2) is 34.4 Å². The lowest BCUT2D eigenvalue weighted by atomic mass is 10.0. The molecule has 1 N–H and O–H groups in total. The predicted molar refractivity (Wildman–Crippen MR) is 76.2 cm³/mol. The van der Waals surface area contributed by atoms with Crippen LogP contribution in [0.25, 0.3) is 0 Å². The van der Waals surface area contributed by atoms with Crippen molar-refractivity contribution in [2.75, 3.05) is 6.54 Å². The maximum Gasteiger partial charge on any atom is 0.240 e. The molecular weight excluding hydrogens is 258 g/mol. The number of hydrogen-bond donors (Lipinski definition) is 1. The Kier molecular flexibility index (Phi) is 3.58. The van der Waals surface area contributed by atoms with Gasteiger partial charge in [-0.05, 0) is 39.5 Å². The summed E-state index contributed by atoms with van der Waals surface area (Å²) in [4.78, 5) is 19.1. The van der Waals surface area contributed by atoms with Gasteiger partial charge in [0, 0.05) is 23.7 Å². The Labute approximate surface area is 118 Å². The van der Waals surface area contributed by atoms with Crippen LogP contribution in [0.4, 0.5) is 0 Å². The first-order valence-corrected chi connectivity index (χ1v) is 8.01. The molecule has 1 aromatic rings. The van der Waals surface area contributed by atoms with Crippen molar-refractivity contribution in [3.63, 3.8) is 0 Å². The Bertz CT molecular complexity index is 469. The SMILES string of the molecule is Cc1csc(C(C)N2CCCC(NC3CC3)C2=O)n1. The van der Waals surface area contributed by atoms with Crippen molar-refractivity contribution in [1.82, 2.24) is 15.2 Å². The van der Waals surface area contributed by atoms with Gasteiger partial charge in [-0.15, -0.1) is 11.3 Å². The molecule has 3 rings (SSSR count). The first kappa shape index (κ1) is 13.1. The monoisotopic (exact) mass is 279 g/mol. The summed E-state index contributed by atoms with van der Waals surface area (Å²) in [5.41, 5.74) is 1.05. The maximum atomic E-state index is 12.6. The molecule has 5 heteroatoms. The molecule has 0 spiro atoms. The van der Waals surface area contributed by atoms with E-state index in [4.69, 9.17) is 0 Å². The van der Waals surface area contributed by atoms with E-state index in [1.807, 2.05) is 11.8 Å². The number of rotatable bonds is 4. The van der Waals surface area contributed by atoms with E-state index in [-0.39, 0.29) is 18.0 Å². The Morgan fingerprint density at radius 3 is 2.89 bits per heavy atom. The Hall–Kier alpha value is -0.940. The Morgan fingerprint density at radius 1 is 1.47 bits per heavy atom. The Morgan fingerprint density at radius 2 is 2.26 bits per heavy atom. The lowest BCUT2D eigenvalue weighted by Gasteiger charge is -2.36. The van der Waals surface area contributed by atoms with Gasteiger partial charge in [0.1, 0.15) is 5.01 Å². The van der Waals surface area contributed by atoms with Gasteiger partial charge in [0.2, 0.25) is 5.91 Å². The number of carbonyl (C=O) groups excluding carboxylic acids is 1. The summed E-state index contributed by atoms with van der Waals surface area (Å²) in [5, 5.41) is 6.59. The summed E-state index contributed by atoms with van der Waals surface area (Å²) in [6.45, 7) is 4.96. The molecule has 2 heterocycles. The summed E-state index contributed by atoms with van der Waals surface area (Å²) in [6.07, 6.45) is 4.52. The van der Waals surface area contributed by atoms with Gasteiger partial charge >= 0.3 is 0 Å². The highest BCUT2D eigenvalue weighted by atomic mass is 32.1. The van der Waals surface area contributed by atoms with Gasteiger partial charge in [0.15, 0.2) is 0 Å². The van der Waals surface area contributed by atoms with E-state index in [0.717, 1.165) is 30.1 Å². The standard InChI is InChI=1S/C14H21N3OS/c1-9-8-19-13(15-9)10(2)17-7-3-4-12(14(17)18)16-11-5-6-11/h8,10-12,16H,3-7H2,1-2H3. The second-order valence-corrected chi connectivity index (χ2v) is 6.56. The van der Waals surface area contributed by atoms with E-state index in [9.17, 15) is 4.79 Å². The third-order valence-electron chi connectivity index (χ3n) is 3.95. The van der Waals surface area contributed by atoms with E-state index in [0.29, 0.717) is 6.04 Å². The summed E-state index contributed by atoms with van der Waals surface area (Å²) < 4.78 is 0.